The van der Waals surface area contributed by atoms with E-state index in [-0.39, 0.29) is 6.54 Å². The number of halogens is 3. The molecule has 0 aromatic heterocycles. The molecule has 1 aromatic carbocycles. The summed E-state index contributed by atoms with van der Waals surface area (Å²) in [5.74, 6) is -0.646. The zero-order valence-electron chi connectivity index (χ0n) is 10.7. The number of aliphatic hydroxyl groups excluding tert-OH is 1. The van der Waals surface area contributed by atoms with Gasteiger partial charge in [0.2, 0.25) is 5.91 Å². The maximum absolute atomic E-state index is 12.4. The second-order valence-corrected chi connectivity index (χ2v) is 4.66. The second kappa shape index (κ2) is 5.70. The molecule has 0 unspecified atom stereocenters. The SMILES string of the molecule is O=C([C@@H]1Cc2ccccc2N1)N(CCO)CC(F)(F)F. The molecule has 7 heteroatoms. The monoisotopic (exact) mass is 288 g/mol. The normalized spacial score (nSPS) is 17.5. The molecule has 0 saturated carbocycles. The lowest BCUT2D eigenvalue weighted by Crippen LogP contribution is -2.47. The average molecular weight is 288 g/mol. The highest BCUT2D eigenvalue weighted by Crippen LogP contribution is 2.26. The molecule has 110 valence electrons. The molecule has 2 N–H and O–H groups in total. The van der Waals surface area contributed by atoms with Crippen molar-refractivity contribution in [2.45, 2.75) is 18.6 Å². The Bertz CT molecular complexity index is 466. The van der Waals surface area contributed by atoms with Crippen LogP contribution in [0.4, 0.5) is 18.9 Å². The molecule has 1 heterocycles. The van der Waals surface area contributed by atoms with E-state index in [0.717, 1.165) is 11.3 Å². The summed E-state index contributed by atoms with van der Waals surface area (Å²) < 4.78 is 37.3. The number of aliphatic hydroxyl groups is 1. The van der Waals surface area contributed by atoms with Crippen molar-refractivity contribution in [2.24, 2.45) is 0 Å². The van der Waals surface area contributed by atoms with Gasteiger partial charge in [0, 0.05) is 18.7 Å². The van der Waals surface area contributed by atoms with Crippen molar-refractivity contribution < 1.29 is 23.1 Å². The zero-order chi connectivity index (χ0) is 14.8. The first-order chi connectivity index (χ1) is 9.40. The maximum Gasteiger partial charge on any atom is 0.406 e. The lowest BCUT2D eigenvalue weighted by Gasteiger charge is -2.26. The Morgan fingerprint density at radius 2 is 2.10 bits per heavy atom. The second-order valence-electron chi connectivity index (χ2n) is 4.66. The lowest BCUT2D eigenvalue weighted by molar-refractivity contribution is -0.162. The number of carbonyl (C=O) groups excluding carboxylic acids is 1. The first-order valence-corrected chi connectivity index (χ1v) is 6.21. The van der Waals surface area contributed by atoms with Crippen LogP contribution in [0, 0.1) is 0 Å². The molecular weight excluding hydrogens is 273 g/mol. The standard InChI is InChI=1S/C13H15F3N2O2/c14-13(15,16)8-18(5-6-19)12(20)11-7-9-3-1-2-4-10(9)17-11/h1-4,11,17,19H,5-8H2/t11-/m0/s1. The molecule has 1 atom stereocenters. The van der Waals surface area contributed by atoms with Gasteiger partial charge in [-0.3, -0.25) is 4.79 Å². The minimum atomic E-state index is -4.48. The summed E-state index contributed by atoms with van der Waals surface area (Å²) in [6.45, 7) is -2.17. The van der Waals surface area contributed by atoms with E-state index in [1.807, 2.05) is 12.1 Å². The minimum Gasteiger partial charge on any atom is -0.395 e. The number of fused-ring (bicyclic) bond motifs is 1. The minimum absolute atomic E-state index is 0.327. The molecule has 2 rings (SSSR count). The van der Waals surface area contributed by atoms with Gasteiger partial charge in [-0.15, -0.1) is 0 Å². The van der Waals surface area contributed by atoms with Gasteiger partial charge in [0.05, 0.1) is 6.61 Å². The van der Waals surface area contributed by atoms with Crippen LogP contribution in [0.1, 0.15) is 5.56 Å². The van der Waals surface area contributed by atoms with Crippen molar-refractivity contribution in [1.29, 1.82) is 0 Å². The molecule has 0 fully saturated rings. The summed E-state index contributed by atoms with van der Waals surface area (Å²) in [6.07, 6.45) is -4.12. The highest BCUT2D eigenvalue weighted by molar-refractivity contribution is 5.87. The quantitative estimate of drug-likeness (QED) is 0.880. The topological polar surface area (TPSA) is 52.6 Å². The van der Waals surface area contributed by atoms with Crippen LogP contribution in [0.25, 0.3) is 0 Å². The molecule has 1 aliphatic rings. The number of alkyl halides is 3. The van der Waals surface area contributed by atoms with Crippen molar-refractivity contribution in [1.82, 2.24) is 4.90 Å². The van der Waals surface area contributed by atoms with Crippen LogP contribution in [0.5, 0.6) is 0 Å². The fraction of sp³-hybridized carbons (Fsp3) is 0.462. The highest BCUT2D eigenvalue weighted by atomic mass is 19.4. The Kier molecular flexibility index (Phi) is 4.17. The van der Waals surface area contributed by atoms with E-state index in [1.54, 1.807) is 12.1 Å². The van der Waals surface area contributed by atoms with Crippen molar-refractivity contribution in [2.75, 3.05) is 25.0 Å². The van der Waals surface area contributed by atoms with Crippen molar-refractivity contribution >= 4 is 11.6 Å². The number of anilines is 1. The average Bonchev–Trinajstić information content (AvgIpc) is 2.79. The molecule has 1 aromatic rings. The third-order valence-corrected chi connectivity index (χ3v) is 3.12. The number of amides is 1. The Balaban J connectivity index is 2.06. The van der Waals surface area contributed by atoms with E-state index < -0.39 is 31.3 Å². The third-order valence-electron chi connectivity index (χ3n) is 3.12. The Morgan fingerprint density at radius 3 is 2.70 bits per heavy atom. The van der Waals surface area contributed by atoms with E-state index in [9.17, 15) is 18.0 Å². The fourth-order valence-electron chi connectivity index (χ4n) is 2.27. The summed E-state index contributed by atoms with van der Waals surface area (Å²) >= 11 is 0. The summed E-state index contributed by atoms with van der Waals surface area (Å²) in [7, 11) is 0. The van der Waals surface area contributed by atoms with Gasteiger partial charge in [-0.1, -0.05) is 18.2 Å². The van der Waals surface area contributed by atoms with Crippen molar-refractivity contribution in [3.05, 3.63) is 29.8 Å². The summed E-state index contributed by atoms with van der Waals surface area (Å²) in [6, 6.07) is 6.51. The van der Waals surface area contributed by atoms with Crippen LogP contribution in [0.15, 0.2) is 24.3 Å². The molecule has 0 spiro atoms. The number of para-hydroxylation sites is 1. The van der Waals surface area contributed by atoms with Gasteiger partial charge < -0.3 is 15.3 Å². The number of nitrogens with one attached hydrogen (secondary N) is 1. The van der Waals surface area contributed by atoms with E-state index >= 15 is 0 Å². The predicted molar refractivity (Wildman–Crippen MR) is 67.3 cm³/mol. The van der Waals surface area contributed by atoms with Crippen LogP contribution in [0.3, 0.4) is 0 Å². The number of carbonyl (C=O) groups is 1. The predicted octanol–water partition coefficient (Wildman–Crippen LogP) is 1.41. The number of hydrogen-bond donors (Lipinski definition) is 2. The smallest absolute Gasteiger partial charge is 0.395 e. The van der Waals surface area contributed by atoms with Gasteiger partial charge in [-0.2, -0.15) is 13.2 Å². The number of hydrogen-bond acceptors (Lipinski definition) is 3. The summed E-state index contributed by atoms with van der Waals surface area (Å²) in [5.41, 5.74) is 1.67. The van der Waals surface area contributed by atoms with Crippen LogP contribution in [-0.4, -0.2) is 47.8 Å². The van der Waals surface area contributed by atoms with Gasteiger partial charge >= 0.3 is 6.18 Å². The third kappa shape index (κ3) is 3.41. The van der Waals surface area contributed by atoms with E-state index in [2.05, 4.69) is 5.32 Å². The Morgan fingerprint density at radius 1 is 1.40 bits per heavy atom. The van der Waals surface area contributed by atoms with Gasteiger partial charge in [0.25, 0.3) is 0 Å². The van der Waals surface area contributed by atoms with E-state index in [4.69, 9.17) is 5.11 Å². The molecule has 20 heavy (non-hydrogen) atoms. The highest BCUT2D eigenvalue weighted by Gasteiger charge is 2.36. The van der Waals surface area contributed by atoms with Gasteiger partial charge in [0.1, 0.15) is 12.6 Å². The molecule has 0 bridgehead atoms. The molecule has 4 nitrogen and oxygen atoms in total. The van der Waals surface area contributed by atoms with Crippen LogP contribution in [-0.2, 0) is 11.2 Å². The molecule has 0 radical (unpaired) electrons. The first kappa shape index (κ1) is 14.6. The largest absolute Gasteiger partial charge is 0.406 e. The number of benzene rings is 1. The van der Waals surface area contributed by atoms with E-state index in [1.165, 1.54) is 0 Å². The van der Waals surface area contributed by atoms with Gasteiger partial charge in [-0.05, 0) is 11.6 Å². The van der Waals surface area contributed by atoms with Crippen molar-refractivity contribution in [3.8, 4) is 0 Å². The van der Waals surface area contributed by atoms with Crippen molar-refractivity contribution in [3.63, 3.8) is 0 Å². The molecular formula is C13H15F3N2O2. The van der Waals surface area contributed by atoms with Gasteiger partial charge in [0.15, 0.2) is 0 Å². The molecule has 0 saturated heterocycles. The maximum atomic E-state index is 12.4. The number of rotatable bonds is 4. The zero-order valence-corrected chi connectivity index (χ0v) is 10.7. The summed E-state index contributed by atoms with van der Waals surface area (Å²) in [4.78, 5) is 12.8. The Labute approximate surface area is 114 Å². The first-order valence-electron chi connectivity index (χ1n) is 6.21. The van der Waals surface area contributed by atoms with Gasteiger partial charge in [-0.25, -0.2) is 0 Å². The number of nitrogens with zero attached hydrogens (tertiary/aromatic N) is 1. The summed E-state index contributed by atoms with van der Waals surface area (Å²) in [5, 5.41) is 11.7. The van der Waals surface area contributed by atoms with E-state index in [0.29, 0.717) is 11.3 Å². The van der Waals surface area contributed by atoms with Crippen LogP contribution < -0.4 is 5.32 Å². The Hall–Kier alpha value is -1.76. The molecule has 1 amide bonds. The molecule has 0 aliphatic carbocycles. The fourth-order valence-corrected chi connectivity index (χ4v) is 2.27. The van der Waals surface area contributed by atoms with Crippen LogP contribution >= 0.6 is 0 Å². The van der Waals surface area contributed by atoms with Crippen LogP contribution in [0.2, 0.25) is 0 Å². The molecule has 1 aliphatic heterocycles. The lowest BCUT2D eigenvalue weighted by atomic mass is 10.1.